The van der Waals surface area contributed by atoms with E-state index in [9.17, 15) is 0 Å². The van der Waals surface area contributed by atoms with Gasteiger partial charge in [0, 0.05) is 0 Å². The Morgan fingerprint density at radius 2 is 1.80 bits per heavy atom. The van der Waals surface area contributed by atoms with Crippen molar-refractivity contribution in [2.45, 2.75) is 0 Å². The maximum Gasteiger partial charge on any atom is 0.599 e. The molecule has 5 heavy (non-hydrogen) atoms. The van der Waals surface area contributed by atoms with Gasteiger partial charge in [0.25, 0.3) is 0 Å². The average Bonchev–Trinajstić information content (AvgIpc) is 1.38. The first-order chi connectivity index (χ1) is 2.27. The van der Waals surface area contributed by atoms with E-state index in [1.165, 1.54) is 0 Å². The molecule has 0 spiro atoms. The van der Waals surface area contributed by atoms with Crippen LogP contribution in [0.3, 0.4) is 0 Å². The molecule has 0 aliphatic heterocycles. The molecule has 0 heterocycles. The SMILES string of the molecule is C[S][Al]([Cl])[Cl]. The van der Waals surface area contributed by atoms with E-state index in [-0.39, 0.29) is 0 Å². The Balaban J connectivity index is 2.54. The third kappa shape index (κ3) is 5.46. The highest BCUT2D eigenvalue weighted by Crippen LogP contribution is 2.08. The minimum atomic E-state index is -1.29. The lowest BCUT2D eigenvalue weighted by Gasteiger charge is -1.75. The van der Waals surface area contributed by atoms with E-state index in [2.05, 4.69) is 0 Å². The first kappa shape index (κ1) is 6.46. The zero-order valence-corrected chi connectivity index (χ0v) is 6.22. The normalized spacial score (nSPS) is 7.80. The van der Waals surface area contributed by atoms with Crippen LogP contribution in [0.1, 0.15) is 0 Å². The Hall–Kier alpha value is 1.46. The Morgan fingerprint density at radius 3 is 1.80 bits per heavy atom. The van der Waals surface area contributed by atoms with Crippen LogP contribution in [0, 0.1) is 0 Å². The predicted molar refractivity (Wildman–Crippen MR) is 31.0 cm³/mol. The molecule has 0 amide bonds. The van der Waals surface area contributed by atoms with Crippen molar-refractivity contribution in [3.63, 3.8) is 0 Å². The van der Waals surface area contributed by atoms with Crippen molar-refractivity contribution >= 4 is 41.4 Å². The zero-order valence-electron chi connectivity index (χ0n) is 2.74. The Labute approximate surface area is 47.7 Å². The molecule has 4 heteroatoms. The van der Waals surface area contributed by atoms with Crippen molar-refractivity contribution in [3.8, 4) is 0 Å². The van der Waals surface area contributed by atoms with E-state index in [0.717, 1.165) is 0 Å². The van der Waals surface area contributed by atoms with Crippen LogP contribution in [-0.2, 0) is 0 Å². The molecule has 0 unspecified atom stereocenters. The molecule has 0 atom stereocenters. The van der Waals surface area contributed by atoms with Gasteiger partial charge in [-0.1, -0.05) is 0 Å². The number of hydrogen-bond acceptors (Lipinski definition) is 1. The second-order valence-electron chi connectivity index (χ2n) is 0.496. The summed E-state index contributed by atoms with van der Waals surface area (Å²) >= 11 is -1.29. The van der Waals surface area contributed by atoms with Crippen LogP contribution in [0.4, 0.5) is 0 Å². The molecule has 0 aromatic carbocycles. The van der Waals surface area contributed by atoms with Gasteiger partial charge in [0.1, 0.15) is 0 Å². The zero-order chi connectivity index (χ0) is 4.28. The van der Waals surface area contributed by atoms with Gasteiger partial charge in [-0.25, -0.2) is 30.2 Å². The third-order valence-electron chi connectivity index (χ3n) is 0.178. The van der Waals surface area contributed by atoms with Crippen LogP contribution in [-0.4, -0.2) is 17.4 Å². The van der Waals surface area contributed by atoms with Gasteiger partial charge in [0.15, 0.2) is 0 Å². The topological polar surface area (TPSA) is 0 Å². The number of halogens is 2. The highest BCUT2D eigenvalue weighted by atomic mass is 35.7. The van der Waals surface area contributed by atoms with Crippen molar-refractivity contribution < 1.29 is 0 Å². The highest BCUT2D eigenvalue weighted by molar-refractivity contribution is 8.33. The minimum absolute atomic E-state index is 1.29. The highest BCUT2D eigenvalue weighted by Gasteiger charge is 2.04. The molecule has 0 nitrogen and oxygen atoms in total. The number of hydrogen-bond donors (Lipinski definition) is 0. The summed E-state index contributed by atoms with van der Waals surface area (Å²) in [7, 11) is 12.2. The monoisotopic (exact) mass is 144 g/mol. The standard InChI is InChI=1S/CH4S.Al.2ClH/c1-2;;;/h2H,1H3;;2*1H/q;+3;;/p-3. The summed E-state index contributed by atoms with van der Waals surface area (Å²) in [6.45, 7) is 0. The van der Waals surface area contributed by atoms with Gasteiger partial charge in [-0.15, -0.1) is 0 Å². The largest absolute Gasteiger partial charge is 0.599 e. The summed E-state index contributed by atoms with van der Waals surface area (Å²) in [6, 6.07) is 0. The van der Waals surface area contributed by atoms with Gasteiger partial charge in [0.2, 0.25) is 0 Å². The molecular weight excluding hydrogens is 142 g/mol. The van der Waals surface area contributed by atoms with Gasteiger partial charge in [-0.05, 0) is 6.26 Å². The van der Waals surface area contributed by atoms with E-state index >= 15 is 0 Å². The van der Waals surface area contributed by atoms with Crippen LogP contribution < -0.4 is 0 Å². The predicted octanol–water partition coefficient (Wildman–Crippen LogP) is 1.81. The van der Waals surface area contributed by atoms with E-state index in [1.54, 1.807) is 10.1 Å². The first-order valence-electron chi connectivity index (χ1n) is 1.08. The molecule has 0 aliphatic carbocycles. The van der Waals surface area contributed by atoms with Crippen molar-refractivity contribution in [1.82, 2.24) is 0 Å². The van der Waals surface area contributed by atoms with Gasteiger partial charge in [-0.3, -0.25) is 0 Å². The fourth-order valence-electron chi connectivity index (χ4n) is 0. The Morgan fingerprint density at radius 1 is 1.60 bits per heavy atom. The summed E-state index contributed by atoms with van der Waals surface area (Å²) in [4.78, 5) is 0. The van der Waals surface area contributed by atoms with Crippen LogP contribution in [0.5, 0.6) is 0 Å². The Bertz CT molecular complexity index is 23.6. The van der Waals surface area contributed by atoms with Crippen LogP contribution in [0.25, 0.3) is 0 Å². The van der Waals surface area contributed by atoms with Crippen LogP contribution >= 0.6 is 30.2 Å². The summed E-state index contributed by atoms with van der Waals surface area (Å²) in [5.41, 5.74) is 0. The summed E-state index contributed by atoms with van der Waals surface area (Å²) in [5, 5.41) is 0. The molecule has 0 aromatic rings. The maximum atomic E-state index is 5.33. The molecule has 30 valence electrons. The quantitative estimate of drug-likeness (QED) is 0.507. The van der Waals surface area contributed by atoms with Gasteiger partial charge in [0.05, 0.1) is 0 Å². The smallest absolute Gasteiger partial charge is 0.224 e. The van der Waals surface area contributed by atoms with Crippen LogP contribution in [0.2, 0.25) is 0 Å². The molecule has 0 saturated heterocycles. The van der Waals surface area contributed by atoms with Crippen LogP contribution in [0.15, 0.2) is 0 Å². The van der Waals surface area contributed by atoms with Gasteiger partial charge in [-0.2, -0.15) is 0 Å². The van der Waals surface area contributed by atoms with Gasteiger partial charge < -0.3 is 0 Å². The van der Waals surface area contributed by atoms with Crippen molar-refractivity contribution in [3.05, 3.63) is 0 Å². The molecule has 0 saturated carbocycles. The molecule has 0 N–H and O–H groups in total. The molecule has 0 rings (SSSR count). The summed E-state index contributed by atoms with van der Waals surface area (Å²) in [5.74, 6) is 0. The average molecular weight is 145 g/mol. The molecule has 0 aliphatic rings. The van der Waals surface area contributed by atoms with Crippen molar-refractivity contribution in [2.24, 2.45) is 0 Å². The lowest BCUT2D eigenvalue weighted by Crippen LogP contribution is -1.76. The molecule has 0 aromatic heterocycles. The summed E-state index contributed by atoms with van der Waals surface area (Å²) < 4.78 is 0. The second-order valence-corrected chi connectivity index (χ2v) is 9.16. The van der Waals surface area contributed by atoms with E-state index in [1.807, 2.05) is 6.26 Å². The van der Waals surface area contributed by atoms with Crippen molar-refractivity contribution in [2.75, 3.05) is 6.26 Å². The molecular formula is CH3AlCl2S. The number of rotatable bonds is 1. The molecule has 0 radical (unpaired) electrons. The second kappa shape index (κ2) is 3.65. The first-order valence-corrected chi connectivity index (χ1v) is 7.27. The fourth-order valence-corrected chi connectivity index (χ4v) is 0. The maximum absolute atomic E-state index is 5.33. The lowest BCUT2D eigenvalue weighted by atomic mass is 12.0. The van der Waals surface area contributed by atoms with E-state index in [4.69, 9.17) is 20.1 Å². The lowest BCUT2D eigenvalue weighted by molar-refractivity contribution is 2.54. The van der Waals surface area contributed by atoms with E-state index < -0.39 is 11.2 Å². The molecule has 0 bridgehead atoms. The minimum Gasteiger partial charge on any atom is -0.224 e. The van der Waals surface area contributed by atoms with E-state index in [0.29, 0.717) is 0 Å². The van der Waals surface area contributed by atoms with Crippen molar-refractivity contribution in [1.29, 1.82) is 0 Å². The summed E-state index contributed by atoms with van der Waals surface area (Å²) in [6.07, 6.45) is 1.91. The fraction of sp³-hybridized carbons (Fsp3) is 1.00. The Kier molecular flexibility index (Phi) is 4.71. The third-order valence-corrected chi connectivity index (χ3v) is 4.81. The molecule has 0 fully saturated rings. The van der Waals surface area contributed by atoms with Gasteiger partial charge >= 0.3 is 11.2 Å².